The maximum absolute atomic E-state index is 13.6. The summed E-state index contributed by atoms with van der Waals surface area (Å²) in [6.45, 7) is 1.15. The van der Waals surface area contributed by atoms with E-state index in [4.69, 9.17) is 16.3 Å². The number of aryl methyl sites for hydroxylation is 1. The van der Waals surface area contributed by atoms with Crippen molar-refractivity contribution in [2.75, 3.05) is 11.9 Å². The van der Waals surface area contributed by atoms with E-state index in [0.29, 0.717) is 11.1 Å². The van der Waals surface area contributed by atoms with Gasteiger partial charge in [-0.1, -0.05) is 23.7 Å². The Bertz CT molecular complexity index is 837. The molecule has 0 fully saturated rings. The molecule has 0 unspecified atom stereocenters. The zero-order valence-corrected chi connectivity index (χ0v) is 13.9. The number of benzene rings is 2. The summed E-state index contributed by atoms with van der Waals surface area (Å²) in [5, 5.41) is 2.23. The van der Waals surface area contributed by atoms with Crippen LogP contribution in [0.1, 0.15) is 11.1 Å². The normalized spacial score (nSPS) is 10.7. The van der Waals surface area contributed by atoms with Gasteiger partial charge in [-0.2, -0.15) is 0 Å². The topological polar surface area (TPSA) is 55.4 Å². The molecule has 0 bridgehead atoms. The van der Waals surface area contributed by atoms with Gasteiger partial charge in [0.05, 0.1) is 10.7 Å². The lowest BCUT2D eigenvalue weighted by atomic mass is 10.2. The number of hydrogen-bond acceptors (Lipinski definition) is 3. The van der Waals surface area contributed by atoms with Crippen LogP contribution in [0.5, 0.6) is 0 Å². The number of carbonyl (C=O) groups excluding carboxylic acids is 2. The van der Waals surface area contributed by atoms with Crippen molar-refractivity contribution in [1.82, 2.24) is 0 Å². The molecule has 2 rings (SSSR count). The zero-order valence-electron chi connectivity index (χ0n) is 13.2. The van der Waals surface area contributed by atoms with Crippen molar-refractivity contribution in [1.29, 1.82) is 0 Å². The summed E-state index contributed by atoms with van der Waals surface area (Å²) in [5.41, 5.74) is 1.21. The number of hydrogen-bond donors (Lipinski definition) is 1. The van der Waals surface area contributed by atoms with Gasteiger partial charge in [0, 0.05) is 6.08 Å². The molecule has 0 aliphatic heterocycles. The summed E-state index contributed by atoms with van der Waals surface area (Å²) in [4.78, 5) is 23.2. The molecule has 130 valence electrons. The van der Waals surface area contributed by atoms with Crippen molar-refractivity contribution in [3.63, 3.8) is 0 Å². The van der Waals surface area contributed by atoms with Gasteiger partial charge in [0.25, 0.3) is 5.91 Å². The number of anilines is 1. The van der Waals surface area contributed by atoms with E-state index in [1.54, 1.807) is 13.0 Å². The van der Waals surface area contributed by atoms with E-state index in [2.05, 4.69) is 5.32 Å². The maximum Gasteiger partial charge on any atom is 0.331 e. The van der Waals surface area contributed by atoms with Crippen LogP contribution in [-0.2, 0) is 14.3 Å². The lowest BCUT2D eigenvalue weighted by molar-refractivity contribution is -0.142. The number of halogens is 3. The van der Waals surface area contributed by atoms with Crippen molar-refractivity contribution in [2.45, 2.75) is 6.92 Å². The van der Waals surface area contributed by atoms with Crippen molar-refractivity contribution in [3.05, 3.63) is 70.3 Å². The summed E-state index contributed by atoms with van der Waals surface area (Å²) < 4.78 is 31.4. The third-order valence-corrected chi connectivity index (χ3v) is 3.39. The van der Waals surface area contributed by atoms with E-state index in [-0.39, 0.29) is 10.7 Å². The highest BCUT2D eigenvalue weighted by molar-refractivity contribution is 6.30. The van der Waals surface area contributed by atoms with Gasteiger partial charge in [-0.15, -0.1) is 0 Å². The number of esters is 1. The largest absolute Gasteiger partial charge is 0.452 e. The van der Waals surface area contributed by atoms with E-state index < -0.39 is 30.1 Å². The second-order valence-electron chi connectivity index (χ2n) is 5.15. The minimum absolute atomic E-state index is 0.00291. The van der Waals surface area contributed by atoms with Crippen LogP contribution in [0.4, 0.5) is 14.5 Å². The predicted molar refractivity (Wildman–Crippen MR) is 91.2 cm³/mol. The molecular formula is C18H14ClF2NO3. The Labute approximate surface area is 148 Å². The van der Waals surface area contributed by atoms with E-state index in [9.17, 15) is 18.4 Å². The summed E-state index contributed by atoms with van der Waals surface area (Å²) in [6, 6.07) is 8.27. The van der Waals surface area contributed by atoms with E-state index in [1.165, 1.54) is 30.3 Å². The molecule has 0 aliphatic rings. The molecule has 0 radical (unpaired) electrons. The third-order valence-electron chi connectivity index (χ3n) is 3.10. The highest BCUT2D eigenvalue weighted by atomic mass is 35.5. The van der Waals surface area contributed by atoms with Crippen LogP contribution in [0.2, 0.25) is 5.02 Å². The number of nitrogens with one attached hydrogen (secondary N) is 1. The lowest BCUT2D eigenvalue weighted by Crippen LogP contribution is -2.20. The van der Waals surface area contributed by atoms with Crippen LogP contribution in [0.25, 0.3) is 6.08 Å². The highest BCUT2D eigenvalue weighted by Crippen LogP contribution is 2.17. The average Bonchev–Trinajstić information content (AvgIpc) is 2.56. The molecule has 25 heavy (non-hydrogen) atoms. The van der Waals surface area contributed by atoms with E-state index in [0.717, 1.165) is 12.1 Å². The monoisotopic (exact) mass is 365 g/mol. The Hall–Kier alpha value is -2.73. The molecule has 0 spiro atoms. The van der Waals surface area contributed by atoms with Crippen molar-refractivity contribution >= 4 is 35.2 Å². The Morgan fingerprint density at radius 2 is 1.92 bits per heavy atom. The Kier molecular flexibility index (Phi) is 6.25. The third kappa shape index (κ3) is 5.69. The number of amides is 1. The number of carbonyl (C=O) groups is 2. The molecule has 0 aromatic heterocycles. The Morgan fingerprint density at radius 1 is 1.16 bits per heavy atom. The molecule has 2 aromatic carbocycles. The van der Waals surface area contributed by atoms with Crippen LogP contribution >= 0.6 is 11.6 Å². The molecule has 7 heteroatoms. The fourth-order valence-electron chi connectivity index (χ4n) is 1.87. The minimum atomic E-state index is -0.778. The molecule has 0 saturated heterocycles. The van der Waals surface area contributed by atoms with Gasteiger partial charge in [0.15, 0.2) is 6.61 Å². The van der Waals surface area contributed by atoms with Crippen LogP contribution in [0.3, 0.4) is 0 Å². The predicted octanol–water partition coefficient (Wildman–Crippen LogP) is 4.12. The van der Waals surface area contributed by atoms with Gasteiger partial charge in [0.2, 0.25) is 0 Å². The fraction of sp³-hybridized carbons (Fsp3) is 0.111. The van der Waals surface area contributed by atoms with E-state index >= 15 is 0 Å². The zero-order chi connectivity index (χ0) is 18.4. The average molecular weight is 366 g/mol. The van der Waals surface area contributed by atoms with Crippen molar-refractivity contribution in [2.24, 2.45) is 0 Å². The van der Waals surface area contributed by atoms with Crippen molar-refractivity contribution in [3.8, 4) is 0 Å². The molecular weight excluding hydrogens is 352 g/mol. The lowest BCUT2D eigenvalue weighted by Gasteiger charge is -2.07. The van der Waals surface area contributed by atoms with E-state index in [1.807, 2.05) is 0 Å². The minimum Gasteiger partial charge on any atom is -0.452 e. The summed E-state index contributed by atoms with van der Waals surface area (Å²) in [7, 11) is 0. The van der Waals surface area contributed by atoms with Crippen LogP contribution in [-0.4, -0.2) is 18.5 Å². The van der Waals surface area contributed by atoms with Gasteiger partial charge < -0.3 is 10.1 Å². The molecule has 0 aliphatic carbocycles. The second kappa shape index (κ2) is 8.39. The quantitative estimate of drug-likeness (QED) is 0.640. The Morgan fingerprint density at radius 3 is 2.60 bits per heavy atom. The number of rotatable bonds is 5. The van der Waals surface area contributed by atoms with Crippen LogP contribution in [0, 0.1) is 18.6 Å². The standard InChI is InChI=1S/C18H14ClF2NO3/c1-11-2-6-16(15(21)8-11)22-17(23)10-25-18(24)7-4-12-3-5-14(20)13(19)9-12/h2-9H,10H2,1H3,(H,22,23)/b7-4+. The van der Waals surface area contributed by atoms with Gasteiger partial charge in [-0.3, -0.25) is 4.79 Å². The maximum atomic E-state index is 13.6. The first kappa shape index (κ1) is 18.6. The summed E-state index contributed by atoms with van der Waals surface area (Å²) in [5.74, 6) is -2.59. The highest BCUT2D eigenvalue weighted by Gasteiger charge is 2.09. The van der Waals surface area contributed by atoms with Gasteiger partial charge >= 0.3 is 5.97 Å². The summed E-state index contributed by atoms with van der Waals surface area (Å²) >= 11 is 5.62. The van der Waals surface area contributed by atoms with Crippen molar-refractivity contribution < 1.29 is 23.1 Å². The smallest absolute Gasteiger partial charge is 0.331 e. The molecule has 1 N–H and O–H groups in total. The molecule has 4 nitrogen and oxygen atoms in total. The van der Waals surface area contributed by atoms with Gasteiger partial charge in [0.1, 0.15) is 11.6 Å². The SMILES string of the molecule is Cc1ccc(NC(=O)COC(=O)/C=C/c2ccc(F)c(Cl)c2)c(F)c1. The van der Waals surface area contributed by atoms with Crippen LogP contribution in [0.15, 0.2) is 42.5 Å². The molecule has 0 saturated carbocycles. The van der Waals surface area contributed by atoms with Gasteiger partial charge in [-0.05, 0) is 48.4 Å². The molecule has 2 aromatic rings. The Balaban J connectivity index is 1.85. The first-order valence-electron chi connectivity index (χ1n) is 7.21. The first-order chi connectivity index (χ1) is 11.8. The molecule has 0 heterocycles. The molecule has 0 atom stereocenters. The first-order valence-corrected chi connectivity index (χ1v) is 7.59. The van der Waals surface area contributed by atoms with Crippen LogP contribution < -0.4 is 5.32 Å². The summed E-state index contributed by atoms with van der Waals surface area (Å²) in [6.07, 6.45) is 2.44. The number of ether oxygens (including phenoxy) is 1. The van der Waals surface area contributed by atoms with Gasteiger partial charge in [-0.25, -0.2) is 13.6 Å². The second-order valence-corrected chi connectivity index (χ2v) is 5.55. The fourth-order valence-corrected chi connectivity index (χ4v) is 2.06. The molecule has 1 amide bonds.